The molecule has 2 unspecified atom stereocenters. The molecular formula is C17H27NO. The lowest BCUT2D eigenvalue weighted by Gasteiger charge is -2.41. The molecule has 1 saturated carbocycles. The Morgan fingerprint density at radius 2 is 2.00 bits per heavy atom. The van der Waals surface area contributed by atoms with Crippen molar-refractivity contribution in [3.8, 4) is 5.75 Å². The molecule has 0 saturated heterocycles. The van der Waals surface area contributed by atoms with Gasteiger partial charge < -0.3 is 10.1 Å². The van der Waals surface area contributed by atoms with Crippen molar-refractivity contribution in [2.45, 2.75) is 58.6 Å². The molecule has 2 rings (SSSR count). The Labute approximate surface area is 117 Å². The highest BCUT2D eigenvalue weighted by molar-refractivity contribution is 5.21. The highest BCUT2D eigenvalue weighted by atomic mass is 16.5. The first-order valence-corrected chi connectivity index (χ1v) is 7.56. The minimum absolute atomic E-state index is 0.290. The van der Waals surface area contributed by atoms with Crippen LogP contribution >= 0.6 is 0 Å². The molecule has 1 aliphatic rings. The van der Waals surface area contributed by atoms with Gasteiger partial charge in [0.1, 0.15) is 11.9 Å². The summed E-state index contributed by atoms with van der Waals surface area (Å²) in [6.07, 6.45) is 5.09. The Kier molecular flexibility index (Phi) is 4.87. The summed E-state index contributed by atoms with van der Waals surface area (Å²) in [6, 6.07) is 10.7. The van der Waals surface area contributed by atoms with Crippen molar-refractivity contribution >= 4 is 0 Å². The normalized spacial score (nSPS) is 26.1. The van der Waals surface area contributed by atoms with E-state index in [2.05, 4.69) is 38.2 Å². The van der Waals surface area contributed by atoms with Gasteiger partial charge in [-0.25, -0.2) is 0 Å². The standard InChI is InChI=1S/C17H27NO/c1-4-12-18-15-10-11-17(2,3)13-16(15)19-14-8-6-5-7-9-14/h5-9,15-16,18H,4,10-13H2,1-3H3. The molecule has 2 nitrogen and oxygen atoms in total. The lowest BCUT2D eigenvalue weighted by atomic mass is 9.74. The van der Waals surface area contributed by atoms with Gasteiger partial charge >= 0.3 is 0 Å². The molecule has 1 aromatic carbocycles. The van der Waals surface area contributed by atoms with Crippen LogP contribution in [0.4, 0.5) is 0 Å². The fourth-order valence-electron chi connectivity index (χ4n) is 2.88. The van der Waals surface area contributed by atoms with E-state index in [1.54, 1.807) is 0 Å². The SMILES string of the molecule is CCCNC1CCC(C)(C)CC1Oc1ccccc1. The molecule has 0 aromatic heterocycles. The van der Waals surface area contributed by atoms with E-state index in [0.717, 1.165) is 18.7 Å². The fourth-order valence-corrected chi connectivity index (χ4v) is 2.88. The van der Waals surface area contributed by atoms with Crippen molar-refractivity contribution < 1.29 is 4.74 Å². The van der Waals surface area contributed by atoms with E-state index in [-0.39, 0.29) is 6.10 Å². The molecule has 1 aliphatic carbocycles. The third-order valence-corrected chi connectivity index (χ3v) is 4.02. The van der Waals surface area contributed by atoms with Crippen LogP contribution in [-0.4, -0.2) is 18.7 Å². The molecule has 0 aliphatic heterocycles. The van der Waals surface area contributed by atoms with Crippen LogP contribution in [0.5, 0.6) is 5.75 Å². The second kappa shape index (κ2) is 6.42. The van der Waals surface area contributed by atoms with Crippen molar-refractivity contribution in [3.05, 3.63) is 30.3 Å². The van der Waals surface area contributed by atoms with Crippen molar-refractivity contribution in [3.63, 3.8) is 0 Å². The Bertz CT molecular complexity index is 374. The second-order valence-electron chi connectivity index (χ2n) is 6.44. The van der Waals surface area contributed by atoms with Gasteiger partial charge in [0, 0.05) is 6.04 Å². The van der Waals surface area contributed by atoms with Gasteiger partial charge in [-0.2, -0.15) is 0 Å². The van der Waals surface area contributed by atoms with Crippen molar-refractivity contribution in [2.75, 3.05) is 6.54 Å². The van der Waals surface area contributed by atoms with E-state index >= 15 is 0 Å². The zero-order valence-corrected chi connectivity index (χ0v) is 12.5. The van der Waals surface area contributed by atoms with E-state index < -0.39 is 0 Å². The second-order valence-corrected chi connectivity index (χ2v) is 6.44. The summed E-state index contributed by atoms with van der Waals surface area (Å²) < 4.78 is 6.24. The molecule has 1 N–H and O–H groups in total. The predicted molar refractivity (Wildman–Crippen MR) is 80.6 cm³/mol. The Morgan fingerprint density at radius 1 is 1.26 bits per heavy atom. The Morgan fingerprint density at radius 3 is 2.68 bits per heavy atom. The highest BCUT2D eigenvalue weighted by Gasteiger charge is 2.35. The fraction of sp³-hybridized carbons (Fsp3) is 0.647. The third-order valence-electron chi connectivity index (χ3n) is 4.02. The molecule has 2 heteroatoms. The van der Waals surface area contributed by atoms with Gasteiger partial charge in [0.15, 0.2) is 0 Å². The maximum atomic E-state index is 6.24. The van der Waals surface area contributed by atoms with E-state index in [0.29, 0.717) is 11.5 Å². The smallest absolute Gasteiger partial charge is 0.119 e. The lowest BCUT2D eigenvalue weighted by molar-refractivity contribution is 0.0531. The summed E-state index contributed by atoms with van der Waals surface area (Å²) in [6.45, 7) is 8.00. The van der Waals surface area contributed by atoms with Crippen LogP contribution in [-0.2, 0) is 0 Å². The minimum Gasteiger partial charge on any atom is -0.489 e. The average molecular weight is 261 g/mol. The summed E-state index contributed by atoms with van der Waals surface area (Å²) in [5.41, 5.74) is 0.393. The quantitative estimate of drug-likeness (QED) is 0.864. The number of ether oxygens (including phenoxy) is 1. The van der Waals surface area contributed by atoms with Gasteiger partial charge in [-0.1, -0.05) is 39.0 Å². The molecule has 2 atom stereocenters. The molecule has 0 bridgehead atoms. The monoisotopic (exact) mass is 261 g/mol. The molecule has 19 heavy (non-hydrogen) atoms. The lowest BCUT2D eigenvalue weighted by Crippen LogP contribution is -2.49. The van der Waals surface area contributed by atoms with Crippen molar-refractivity contribution in [2.24, 2.45) is 5.41 Å². The molecule has 106 valence electrons. The maximum absolute atomic E-state index is 6.24. The number of benzene rings is 1. The Hall–Kier alpha value is -1.02. The van der Waals surface area contributed by atoms with E-state index in [1.165, 1.54) is 19.3 Å². The first kappa shape index (κ1) is 14.4. The first-order valence-electron chi connectivity index (χ1n) is 7.56. The third kappa shape index (κ3) is 4.24. The van der Waals surface area contributed by atoms with Crippen molar-refractivity contribution in [1.82, 2.24) is 5.32 Å². The van der Waals surface area contributed by atoms with Gasteiger partial charge in [-0.05, 0) is 49.8 Å². The highest BCUT2D eigenvalue weighted by Crippen LogP contribution is 2.37. The van der Waals surface area contributed by atoms with Crippen LogP contribution in [0.2, 0.25) is 0 Å². The molecule has 0 heterocycles. The largest absolute Gasteiger partial charge is 0.489 e. The molecule has 0 amide bonds. The zero-order chi connectivity index (χ0) is 13.7. The van der Waals surface area contributed by atoms with Gasteiger partial charge in [0.2, 0.25) is 0 Å². The number of para-hydroxylation sites is 1. The number of hydrogen-bond donors (Lipinski definition) is 1. The predicted octanol–water partition coefficient (Wildman–Crippen LogP) is 4.01. The van der Waals surface area contributed by atoms with Crippen LogP contribution in [0.1, 0.15) is 46.5 Å². The van der Waals surface area contributed by atoms with Crippen LogP contribution in [0, 0.1) is 5.41 Å². The van der Waals surface area contributed by atoms with Crippen LogP contribution in [0.15, 0.2) is 30.3 Å². The number of rotatable bonds is 5. The first-order chi connectivity index (χ1) is 9.11. The van der Waals surface area contributed by atoms with E-state index in [9.17, 15) is 0 Å². The molecular weight excluding hydrogens is 234 g/mol. The average Bonchev–Trinajstić information content (AvgIpc) is 2.38. The summed E-state index contributed by atoms with van der Waals surface area (Å²) in [7, 11) is 0. The maximum Gasteiger partial charge on any atom is 0.119 e. The van der Waals surface area contributed by atoms with Gasteiger partial charge in [-0.15, -0.1) is 0 Å². The van der Waals surface area contributed by atoms with E-state index in [4.69, 9.17) is 4.74 Å². The van der Waals surface area contributed by atoms with Crippen LogP contribution in [0.3, 0.4) is 0 Å². The van der Waals surface area contributed by atoms with Crippen LogP contribution < -0.4 is 10.1 Å². The summed E-state index contributed by atoms with van der Waals surface area (Å²) in [5.74, 6) is 0.994. The van der Waals surface area contributed by atoms with Gasteiger partial charge in [0.25, 0.3) is 0 Å². The number of hydrogen-bond acceptors (Lipinski definition) is 2. The molecule has 1 aromatic rings. The molecule has 0 radical (unpaired) electrons. The van der Waals surface area contributed by atoms with Crippen molar-refractivity contribution in [1.29, 1.82) is 0 Å². The summed E-state index contributed by atoms with van der Waals surface area (Å²) in [4.78, 5) is 0. The van der Waals surface area contributed by atoms with Crippen LogP contribution in [0.25, 0.3) is 0 Å². The van der Waals surface area contributed by atoms with Gasteiger partial charge in [-0.3, -0.25) is 0 Å². The molecule has 1 fully saturated rings. The minimum atomic E-state index is 0.290. The van der Waals surface area contributed by atoms with E-state index in [1.807, 2.05) is 18.2 Å². The number of nitrogens with one attached hydrogen (secondary N) is 1. The summed E-state index contributed by atoms with van der Waals surface area (Å²) in [5, 5.41) is 3.65. The topological polar surface area (TPSA) is 21.3 Å². The summed E-state index contributed by atoms with van der Waals surface area (Å²) >= 11 is 0. The Balaban J connectivity index is 2.02. The van der Waals surface area contributed by atoms with Gasteiger partial charge in [0.05, 0.1) is 0 Å². The molecule has 0 spiro atoms. The zero-order valence-electron chi connectivity index (χ0n) is 12.5.